The zero-order valence-electron chi connectivity index (χ0n) is 49.4. The second-order valence-corrected chi connectivity index (χ2v) is 22.8. The Morgan fingerprint density at radius 3 is 0.923 bits per heavy atom. The molecule has 6 heterocycles. The van der Waals surface area contributed by atoms with E-state index < -0.39 is 0 Å². The number of pyridine rings is 4. The fourth-order valence-corrected chi connectivity index (χ4v) is 13.1. The maximum absolute atomic E-state index is 9.26. The molecule has 0 unspecified atom stereocenters. The first-order valence-electron chi connectivity index (χ1n) is 30.2. The van der Waals surface area contributed by atoms with Crippen molar-refractivity contribution in [3.63, 3.8) is 0 Å². The van der Waals surface area contributed by atoms with Crippen LogP contribution in [0.25, 0.3) is 165 Å². The van der Waals surface area contributed by atoms with E-state index in [1.54, 1.807) is 0 Å². The van der Waals surface area contributed by atoms with Crippen LogP contribution < -0.4 is 0 Å². The quantitative estimate of drug-likeness (QED) is 0.121. The molecule has 0 saturated heterocycles. The van der Waals surface area contributed by atoms with Gasteiger partial charge in [-0.15, -0.1) is 0 Å². The molecule has 0 fully saturated rings. The van der Waals surface area contributed by atoms with E-state index in [1.807, 2.05) is 116 Å². The summed E-state index contributed by atoms with van der Waals surface area (Å²) in [5, 5.41) is 4.11. The van der Waals surface area contributed by atoms with Gasteiger partial charge < -0.3 is 9.13 Å². The zero-order chi connectivity index (χ0) is 60.9. The standard InChI is InChI=1S/C83H52N8/c1-53-17-16-26-71(84-2)83(53)70-51-82(91-79-33-29-60(64-37-41-88-74(49-64)56-22-12-6-13-23-56)45-68(79)69-46-61(30-34-80(69)91)65-38-42-89-75(50-65)57-24-14-7-15-25-57)76(85-3)52-81(70)90-77-31-27-58(62-35-39-86-72(47-62)54-18-8-4-9-19-54)43-66(77)67-44-59(28-32-78(67)90)63-36-40-87-73(48-63)55-20-10-5-11-21-55/h4-52H,1H3. The second kappa shape index (κ2) is 22.6. The highest BCUT2D eigenvalue weighted by Crippen LogP contribution is 2.48. The summed E-state index contributed by atoms with van der Waals surface area (Å²) in [4.78, 5) is 27.9. The van der Waals surface area contributed by atoms with Crippen LogP contribution in [0, 0.1) is 20.1 Å². The minimum Gasteiger partial charge on any atom is -0.319 e. The van der Waals surface area contributed by atoms with Gasteiger partial charge in [0.2, 0.25) is 5.69 Å². The van der Waals surface area contributed by atoms with Crippen LogP contribution in [0.5, 0.6) is 0 Å². The Labute approximate surface area is 526 Å². The van der Waals surface area contributed by atoms with Gasteiger partial charge in [0.1, 0.15) is 0 Å². The Hall–Kier alpha value is -12.6. The van der Waals surface area contributed by atoms with Gasteiger partial charge in [-0.25, -0.2) is 9.69 Å². The number of fused-ring (bicyclic) bond motifs is 6. The van der Waals surface area contributed by atoms with E-state index >= 15 is 0 Å². The highest BCUT2D eigenvalue weighted by molar-refractivity contribution is 6.14. The molecule has 0 aliphatic heterocycles. The van der Waals surface area contributed by atoms with E-state index in [0.717, 1.165) is 156 Å². The van der Waals surface area contributed by atoms with E-state index in [1.165, 1.54) is 0 Å². The van der Waals surface area contributed by atoms with Crippen LogP contribution in [-0.2, 0) is 0 Å². The highest BCUT2D eigenvalue weighted by Gasteiger charge is 2.25. The molecule has 0 atom stereocenters. The van der Waals surface area contributed by atoms with Gasteiger partial charge in [-0.1, -0.05) is 169 Å². The summed E-state index contributed by atoms with van der Waals surface area (Å²) in [6.07, 6.45) is 7.53. The van der Waals surface area contributed by atoms with Crippen LogP contribution in [0.3, 0.4) is 0 Å². The lowest BCUT2D eigenvalue weighted by atomic mass is 9.95. The lowest BCUT2D eigenvalue weighted by Crippen LogP contribution is -2.02. The molecule has 8 heteroatoms. The van der Waals surface area contributed by atoms with Gasteiger partial charge in [-0.05, 0) is 172 Å². The number of aryl methyl sites for hydroxylation is 1. The van der Waals surface area contributed by atoms with Crippen molar-refractivity contribution in [2.45, 2.75) is 6.92 Å². The lowest BCUT2D eigenvalue weighted by Gasteiger charge is -2.21. The van der Waals surface area contributed by atoms with Crippen molar-refractivity contribution in [2.75, 3.05) is 0 Å². The Kier molecular flexibility index (Phi) is 13.4. The van der Waals surface area contributed by atoms with Crippen molar-refractivity contribution < 1.29 is 0 Å². The number of benzene rings is 10. The Bertz CT molecular complexity index is 5340. The molecular formula is C83H52N8. The van der Waals surface area contributed by atoms with Crippen LogP contribution in [-0.4, -0.2) is 29.1 Å². The summed E-state index contributed by atoms with van der Waals surface area (Å²) in [5.41, 5.74) is 24.8. The molecule has 0 aliphatic rings. The first-order chi connectivity index (χ1) is 44.9. The van der Waals surface area contributed by atoms with Crippen molar-refractivity contribution in [2.24, 2.45) is 0 Å². The average molecular weight is 1160 g/mol. The topological polar surface area (TPSA) is 70.1 Å². The zero-order valence-corrected chi connectivity index (χ0v) is 49.4. The summed E-state index contributed by atoms with van der Waals surface area (Å²) < 4.78 is 4.55. The van der Waals surface area contributed by atoms with Gasteiger partial charge in [-0.3, -0.25) is 19.9 Å². The van der Waals surface area contributed by atoms with Crippen molar-refractivity contribution in [1.82, 2.24) is 29.1 Å². The molecular weight excluding hydrogens is 1110 g/mol. The minimum atomic E-state index is 0.450. The number of aromatic nitrogens is 6. The predicted octanol–water partition coefficient (Wildman–Crippen LogP) is 21.9. The van der Waals surface area contributed by atoms with E-state index in [4.69, 9.17) is 26.5 Å². The van der Waals surface area contributed by atoms with Gasteiger partial charge in [0, 0.05) is 74.3 Å². The molecule has 0 amide bonds. The molecule has 8 nitrogen and oxygen atoms in total. The molecule has 0 aliphatic carbocycles. The second-order valence-electron chi connectivity index (χ2n) is 22.8. The molecule has 10 aromatic carbocycles. The largest absolute Gasteiger partial charge is 0.319 e. The van der Waals surface area contributed by atoms with Crippen molar-refractivity contribution >= 4 is 55.0 Å². The first-order valence-corrected chi connectivity index (χ1v) is 30.2. The molecule has 0 radical (unpaired) electrons. The molecule has 6 aromatic heterocycles. The van der Waals surface area contributed by atoms with Crippen LogP contribution >= 0.6 is 0 Å². The molecule has 16 rings (SSSR count). The van der Waals surface area contributed by atoms with Gasteiger partial charge in [0.15, 0.2) is 5.69 Å². The summed E-state index contributed by atoms with van der Waals surface area (Å²) in [6, 6.07) is 94.7. The molecule has 91 heavy (non-hydrogen) atoms. The smallest absolute Gasteiger partial charge is 0.212 e. The van der Waals surface area contributed by atoms with Crippen molar-refractivity contribution in [1.29, 1.82) is 0 Å². The molecule has 0 bridgehead atoms. The molecule has 0 spiro atoms. The van der Waals surface area contributed by atoms with Crippen LogP contribution in [0.4, 0.5) is 11.4 Å². The Morgan fingerprint density at radius 2 is 0.593 bits per heavy atom. The summed E-state index contributed by atoms with van der Waals surface area (Å²) in [6.45, 7) is 20.1. The number of nitrogens with zero attached hydrogens (tertiary/aromatic N) is 8. The maximum Gasteiger partial charge on any atom is 0.212 e. The van der Waals surface area contributed by atoms with Crippen LogP contribution in [0.1, 0.15) is 5.56 Å². The number of rotatable bonds is 11. The Morgan fingerprint density at radius 1 is 0.275 bits per heavy atom. The van der Waals surface area contributed by atoms with Crippen molar-refractivity contribution in [3.8, 4) is 112 Å². The average Bonchev–Trinajstić information content (AvgIpc) is 1.62. The molecule has 0 saturated carbocycles. The van der Waals surface area contributed by atoms with Crippen LogP contribution in [0.2, 0.25) is 0 Å². The SMILES string of the molecule is [C-]#[N+]c1cc(-n2c3ccc(-c4ccnc(-c5ccccc5)c4)cc3c3cc(-c4ccnc(-c5ccccc5)c4)ccc32)c(-c2c(C)cccc2[N+]#[C-])cc1-n1c2ccc(-c3ccnc(-c4ccccc4)c3)cc2c2cc(-c3ccnc(-c4ccccc4)c3)ccc21. The highest BCUT2D eigenvalue weighted by atomic mass is 15.0. The predicted molar refractivity (Wildman–Crippen MR) is 372 cm³/mol. The van der Waals surface area contributed by atoms with E-state index in [9.17, 15) is 6.57 Å². The summed E-state index contributed by atoms with van der Waals surface area (Å²) in [7, 11) is 0. The lowest BCUT2D eigenvalue weighted by molar-refractivity contribution is 1.15. The van der Waals surface area contributed by atoms with Gasteiger partial charge in [-0.2, -0.15) is 0 Å². The third-order valence-corrected chi connectivity index (χ3v) is 17.5. The fraction of sp³-hybridized carbons (Fsp3) is 0.0120. The van der Waals surface area contributed by atoms with Gasteiger partial charge >= 0.3 is 0 Å². The number of hydrogen-bond acceptors (Lipinski definition) is 4. The first kappa shape index (κ1) is 53.8. The normalized spacial score (nSPS) is 11.3. The van der Waals surface area contributed by atoms with Gasteiger partial charge in [0.05, 0.1) is 63.7 Å². The van der Waals surface area contributed by atoms with E-state index in [2.05, 4.69) is 208 Å². The summed E-state index contributed by atoms with van der Waals surface area (Å²) in [5.74, 6) is 0. The monoisotopic (exact) mass is 1160 g/mol. The van der Waals surface area contributed by atoms with E-state index in [-0.39, 0.29) is 0 Å². The third kappa shape index (κ3) is 9.66. The fourth-order valence-electron chi connectivity index (χ4n) is 13.1. The summed E-state index contributed by atoms with van der Waals surface area (Å²) >= 11 is 0. The molecule has 16 aromatic rings. The molecule has 0 N–H and O–H groups in total. The third-order valence-electron chi connectivity index (χ3n) is 17.5. The number of hydrogen-bond donors (Lipinski definition) is 0. The maximum atomic E-state index is 9.26. The van der Waals surface area contributed by atoms with Crippen LogP contribution in [0.15, 0.2) is 298 Å². The minimum absolute atomic E-state index is 0.450. The van der Waals surface area contributed by atoms with Crippen molar-refractivity contribution in [3.05, 3.63) is 326 Å². The molecule has 424 valence electrons. The Balaban J connectivity index is 0.941. The van der Waals surface area contributed by atoms with E-state index in [0.29, 0.717) is 17.1 Å². The van der Waals surface area contributed by atoms with Gasteiger partial charge in [0.25, 0.3) is 0 Å².